The van der Waals surface area contributed by atoms with Gasteiger partial charge in [-0.05, 0) is 29.9 Å². The van der Waals surface area contributed by atoms with Gasteiger partial charge in [0.2, 0.25) is 5.91 Å². The van der Waals surface area contributed by atoms with Crippen molar-refractivity contribution < 1.29 is 9.90 Å². The van der Waals surface area contributed by atoms with Crippen LogP contribution in [0.5, 0.6) is 0 Å². The molecular weight excluding hydrogens is 246 g/mol. The fourth-order valence-electron chi connectivity index (χ4n) is 1.60. The average Bonchev–Trinajstić information content (AvgIpc) is 2.40. The molecule has 0 saturated heterocycles. The van der Waals surface area contributed by atoms with E-state index in [0.29, 0.717) is 13.0 Å². The van der Waals surface area contributed by atoms with Crippen LogP contribution in [0.25, 0.3) is 0 Å². The molecule has 3 nitrogen and oxygen atoms in total. The number of carbonyl (C=O) groups excluding carboxylic acids is 1. The highest BCUT2D eigenvalue weighted by Gasteiger charge is 2.14. The van der Waals surface area contributed by atoms with E-state index in [2.05, 4.69) is 24.4 Å². The Morgan fingerprint density at radius 2 is 2.00 bits per heavy atom. The maximum absolute atomic E-state index is 11.7. The summed E-state index contributed by atoms with van der Waals surface area (Å²) in [6.07, 6.45) is 0.661. The van der Waals surface area contributed by atoms with Crippen LogP contribution in [0.3, 0.4) is 0 Å². The molecule has 18 heavy (non-hydrogen) atoms. The number of rotatable bonds is 7. The van der Waals surface area contributed by atoms with Crippen LogP contribution in [-0.4, -0.2) is 23.4 Å². The zero-order valence-corrected chi connectivity index (χ0v) is 11.8. The maximum Gasteiger partial charge on any atom is 0.225 e. The van der Waals surface area contributed by atoms with E-state index in [4.69, 9.17) is 5.11 Å². The number of thioether (sulfide) groups is 1. The van der Waals surface area contributed by atoms with E-state index in [0.717, 1.165) is 11.3 Å². The average molecular weight is 267 g/mol. The van der Waals surface area contributed by atoms with Gasteiger partial charge in [-0.25, -0.2) is 0 Å². The molecule has 1 aromatic carbocycles. The third-order valence-corrected chi connectivity index (χ3v) is 3.68. The monoisotopic (exact) mass is 267 g/mol. The Balaban J connectivity index is 2.45. The summed E-state index contributed by atoms with van der Waals surface area (Å²) in [5.41, 5.74) is 1.08. The molecule has 0 heterocycles. The minimum atomic E-state index is -0.292. The maximum atomic E-state index is 11.7. The number of aliphatic hydroxyl groups is 1. The van der Waals surface area contributed by atoms with Crippen LogP contribution in [-0.2, 0) is 11.3 Å². The van der Waals surface area contributed by atoms with E-state index in [1.54, 1.807) is 11.8 Å². The highest BCUT2D eigenvalue weighted by molar-refractivity contribution is 7.99. The molecule has 0 fully saturated rings. The number of amides is 1. The predicted octanol–water partition coefficient (Wildman–Crippen LogP) is 2.43. The van der Waals surface area contributed by atoms with Crippen LogP contribution in [0.15, 0.2) is 29.2 Å². The summed E-state index contributed by atoms with van der Waals surface area (Å²) < 4.78 is 0. The van der Waals surface area contributed by atoms with Gasteiger partial charge in [0.25, 0.3) is 0 Å². The van der Waals surface area contributed by atoms with Gasteiger partial charge in [-0.1, -0.05) is 26.0 Å². The van der Waals surface area contributed by atoms with Gasteiger partial charge in [-0.15, -0.1) is 11.8 Å². The molecule has 0 bridgehead atoms. The molecule has 0 radical (unpaired) electrons. The highest BCUT2D eigenvalue weighted by atomic mass is 32.2. The topological polar surface area (TPSA) is 49.3 Å². The molecule has 0 aliphatic rings. The molecule has 0 saturated carbocycles. The number of benzene rings is 1. The van der Waals surface area contributed by atoms with Crippen molar-refractivity contribution in [3.63, 3.8) is 0 Å². The fraction of sp³-hybridized carbons (Fsp3) is 0.500. The zero-order chi connectivity index (χ0) is 13.4. The SMILES string of the molecule is CCSc1ccc(CNC(=O)C(CC)CO)cc1. The fourth-order valence-corrected chi connectivity index (χ4v) is 2.26. The lowest BCUT2D eigenvalue weighted by Gasteiger charge is -2.12. The highest BCUT2D eigenvalue weighted by Crippen LogP contribution is 2.17. The van der Waals surface area contributed by atoms with Gasteiger partial charge in [0, 0.05) is 11.4 Å². The van der Waals surface area contributed by atoms with Gasteiger partial charge in [0.15, 0.2) is 0 Å². The van der Waals surface area contributed by atoms with Crippen molar-refractivity contribution in [2.75, 3.05) is 12.4 Å². The van der Waals surface area contributed by atoms with Crippen LogP contribution in [0.1, 0.15) is 25.8 Å². The van der Waals surface area contributed by atoms with Crippen molar-refractivity contribution in [1.82, 2.24) is 5.32 Å². The normalized spacial score (nSPS) is 12.2. The summed E-state index contributed by atoms with van der Waals surface area (Å²) in [4.78, 5) is 12.9. The molecule has 1 rings (SSSR count). The first kappa shape index (κ1) is 15.1. The van der Waals surface area contributed by atoms with E-state index in [1.165, 1.54) is 4.90 Å². The molecule has 0 aromatic heterocycles. The third-order valence-electron chi connectivity index (χ3n) is 2.79. The van der Waals surface area contributed by atoms with E-state index in [9.17, 15) is 4.79 Å². The summed E-state index contributed by atoms with van der Waals surface area (Å²) in [7, 11) is 0. The Bertz CT molecular complexity index is 361. The third kappa shape index (κ3) is 4.70. The molecule has 100 valence electrons. The summed E-state index contributed by atoms with van der Waals surface area (Å²) in [6, 6.07) is 8.19. The molecule has 1 amide bonds. The second kappa shape index (κ2) is 8.16. The van der Waals surface area contributed by atoms with Crippen LogP contribution in [0.4, 0.5) is 0 Å². The van der Waals surface area contributed by atoms with Crippen LogP contribution in [0.2, 0.25) is 0 Å². The number of nitrogens with one attached hydrogen (secondary N) is 1. The quantitative estimate of drug-likeness (QED) is 0.746. The molecule has 4 heteroatoms. The van der Waals surface area contributed by atoms with E-state index < -0.39 is 0 Å². The zero-order valence-electron chi connectivity index (χ0n) is 11.0. The van der Waals surface area contributed by atoms with Crippen molar-refractivity contribution >= 4 is 17.7 Å². The van der Waals surface area contributed by atoms with E-state index >= 15 is 0 Å². The Morgan fingerprint density at radius 1 is 1.33 bits per heavy atom. The molecule has 1 atom stereocenters. The van der Waals surface area contributed by atoms with Gasteiger partial charge in [-0.3, -0.25) is 4.79 Å². The van der Waals surface area contributed by atoms with Crippen molar-refractivity contribution in [1.29, 1.82) is 0 Å². The van der Waals surface area contributed by atoms with Crippen molar-refractivity contribution in [2.45, 2.75) is 31.7 Å². The summed E-state index contributed by atoms with van der Waals surface area (Å²) >= 11 is 1.80. The van der Waals surface area contributed by atoms with Gasteiger partial charge < -0.3 is 10.4 Å². The first-order valence-corrected chi connectivity index (χ1v) is 7.30. The van der Waals surface area contributed by atoms with Crippen LogP contribution < -0.4 is 5.32 Å². The summed E-state index contributed by atoms with van der Waals surface area (Å²) in [5.74, 6) is 0.692. The minimum absolute atomic E-state index is 0.0768. The molecule has 1 unspecified atom stereocenters. The first-order valence-electron chi connectivity index (χ1n) is 6.31. The van der Waals surface area contributed by atoms with E-state index in [-0.39, 0.29) is 18.4 Å². The standard InChI is InChI=1S/C14H21NO2S/c1-3-12(10-16)14(17)15-9-11-5-7-13(8-6-11)18-4-2/h5-8,12,16H,3-4,9-10H2,1-2H3,(H,15,17). The second-order valence-electron chi connectivity index (χ2n) is 4.08. The number of aliphatic hydroxyl groups excluding tert-OH is 1. The Labute approximate surface area is 113 Å². The Kier molecular flexibility index (Phi) is 6.83. The number of carbonyl (C=O) groups is 1. The Morgan fingerprint density at radius 3 is 2.50 bits per heavy atom. The van der Waals surface area contributed by atoms with Crippen LogP contribution >= 0.6 is 11.8 Å². The lowest BCUT2D eigenvalue weighted by molar-refractivity contribution is -0.126. The van der Waals surface area contributed by atoms with Crippen molar-refractivity contribution in [3.05, 3.63) is 29.8 Å². The molecule has 0 aliphatic carbocycles. The second-order valence-corrected chi connectivity index (χ2v) is 5.42. The minimum Gasteiger partial charge on any atom is -0.396 e. The van der Waals surface area contributed by atoms with Gasteiger partial charge >= 0.3 is 0 Å². The summed E-state index contributed by atoms with van der Waals surface area (Å²) in [5, 5.41) is 11.9. The summed E-state index contributed by atoms with van der Waals surface area (Å²) in [6.45, 7) is 4.45. The number of hydrogen-bond acceptors (Lipinski definition) is 3. The largest absolute Gasteiger partial charge is 0.396 e. The Hall–Kier alpha value is -1.00. The molecule has 0 spiro atoms. The van der Waals surface area contributed by atoms with Gasteiger partial charge in [0.1, 0.15) is 0 Å². The number of hydrogen-bond donors (Lipinski definition) is 2. The van der Waals surface area contributed by atoms with Crippen molar-refractivity contribution in [2.24, 2.45) is 5.92 Å². The molecule has 2 N–H and O–H groups in total. The van der Waals surface area contributed by atoms with Gasteiger partial charge in [-0.2, -0.15) is 0 Å². The van der Waals surface area contributed by atoms with Crippen molar-refractivity contribution in [3.8, 4) is 0 Å². The molecule has 1 aromatic rings. The van der Waals surface area contributed by atoms with Crippen LogP contribution in [0, 0.1) is 5.92 Å². The smallest absolute Gasteiger partial charge is 0.225 e. The molecule has 0 aliphatic heterocycles. The lowest BCUT2D eigenvalue weighted by Crippen LogP contribution is -2.31. The molecular formula is C14H21NO2S. The van der Waals surface area contributed by atoms with E-state index in [1.807, 2.05) is 19.1 Å². The lowest BCUT2D eigenvalue weighted by atomic mass is 10.1. The van der Waals surface area contributed by atoms with Gasteiger partial charge in [0.05, 0.1) is 12.5 Å². The predicted molar refractivity (Wildman–Crippen MR) is 75.6 cm³/mol. The first-order chi connectivity index (χ1) is 8.71.